The van der Waals surface area contributed by atoms with Crippen LogP contribution in [0.2, 0.25) is 0 Å². The molecule has 0 bridgehead atoms. The maximum absolute atomic E-state index is 6.84. The Labute approximate surface area is 167 Å². The monoisotopic (exact) mass is 384 g/mol. The lowest BCUT2D eigenvalue weighted by molar-refractivity contribution is 0.123. The molecule has 0 amide bonds. The van der Waals surface area contributed by atoms with Gasteiger partial charge < -0.3 is 8.85 Å². The van der Waals surface area contributed by atoms with Gasteiger partial charge in [-0.25, -0.2) is 0 Å². The second-order valence-corrected chi connectivity index (χ2v) is 12.6. The maximum Gasteiger partial charge on any atom is 0.358 e. The van der Waals surface area contributed by atoms with E-state index in [-0.39, 0.29) is 10.1 Å². The molecule has 0 unspecified atom stereocenters. The summed E-state index contributed by atoms with van der Waals surface area (Å²) in [6.45, 7) is 15.0. The van der Waals surface area contributed by atoms with Gasteiger partial charge in [-0.15, -0.1) is 0 Å². The Hall–Kier alpha value is -1.42. The van der Waals surface area contributed by atoms with Crippen molar-refractivity contribution >= 4 is 8.56 Å². The molecule has 0 spiro atoms. The fourth-order valence-corrected chi connectivity index (χ4v) is 9.29. The molecule has 0 aromatic heterocycles. The van der Waals surface area contributed by atoms with Crippen molar-refractivity contribution in [3.63, 3.8) is 0 Å². The van der Waals surface area contributed by atoms with Crippen LogP contribution in [0.3, 0.4) is 0 Å². The third-order valence-electron chi connectivity index (χ3n) is 5.66. The summed E-state index contributed by atoms with van der Waals surface area (Å²) in [5, 5.41) is -0.421. The minimum absolute atomic E-state index is 0.210. The summed E-state index contributed by atoms with van der Waals surface area (Å²) >= 11 is 0. The van der Waals surface area contributed by atoms with Gasteiger partial charge in [0.25, 0.3) is 0 Å². The zero-order valence-corrected chi connectivity index (χ0v) is 18.9. The van der Waals surface area contributed by atoms with Gasteiger partial charge in [0.05, 0.1) is 0 Å². The summed E-state index contributed by atoms with van der Waals surface area (Å²) < 4.78 is 13.7. The first-order valence-electron chi connectivity index (χ1n) is 10.2. The first-order chi connectivity index (χ1) is 12.8. The molecule has 0 saturated carbocycles. The van der Waals surface area contributed by atoms with Gasteiger partial charge in [-0.05, 0) is 24.0 Å². The number of rotatable bonds is 10. The lowest BCUT2D eigenvalue weighted by Crippen LogP contribution is -2.69. The summed E-state index contributed by atoms with van der Waals surface area (Å²) in [6, 6.07) is 21.5. The van der Waals surface area contributed by atoms with Gasteiger partial charge in [0.15, 0.2) is 0 Å². The molecule has 2 nitrogen and oxygen atoms in total. The largest absolute Gasteiger partial charge is 0.393 e. The van der Waals surface area contributed by atoms with E-state index < -0.39 is 8.56 Å². The molecule has 0 aliphatic heterocycles. The minimum atomic E-state index is -2.77. The summed E-state index contributed by atoms with van der Waals surface area (Å²) in [4.78, 5) is 0. The molecule has 27 heavy (non-hydrogen) atoms. The van der Waals surface area contributed by atoms with Crippen molar-refractivity contribution in [2.24, 2.45) is 0 Å². The van der Waals surface area contributed by atoms with Crippen molar-refractivity contribution in [1.29, 1.82) is 0 Å². The molecule has 0 N–H and O–H groups in total. The first kappa shape index (κ1) is 21.9. The number of hydrogen-bond donors (Lipinski definition) is 0. The SMILES string of the molecule is CCCO[Si](OCCC)(C(C)(C)c1ccccc1)C(C)(C)c1ccccc1. The van der Waals surface area contributed by atoms with Gasteiger partial charge in [-0.3, -0.25) is 0 Å². The Kier molecular flexibility index (Phi) is 7.44. The molecule has 0 aliphatic rings. The average Bonchev–Trinajstić information content (AvgIpc) is 2.69. The Morgan fingerprint density at radius 1 is 0.630 bits per heavy atom. The van der Waals surface area contributed by atoms with Crippen LogP contribution in [-0.4, -0.2) is 21.8 Å². The highest BCUT2D eigenvalue weighted by Crippen LogP contribution is 2.47. The van der Waals surface area contributed by atoms with Crippen molar-refractivity contribution in [2.45, 2.75) is 64.5 Å². The third-order valence-corrected chi connectivity index (χ3v) is 10.7. The average molecular weight is 385 g/mol. The smallest absolute Gasteiger partial charge is 0.358 e. The van der Waals surface area contributed by atoms with E-state index in [2.05, 4.69) is 102 Å². The van der Waals surface area contributed by atoms with Crippen LogP contribution in [0.25, 0.3) is 0 Å². The van der Waals surface area contributed by atoms with Gasteiger partial charge >= 0.3 is 8.56 Å². The van der Waals surface area contributed by atoms with Crippen molar-refractivity contribution in [3.8, 4) is 0 Å². The van der Waals surface area contributed by atoms with Crippen molar-refractivity contribution in [1.82, 2.24) is 0 Å². The normalized spacial score (nSPS) is 13.0. The van der Waals surface area contributed by atoms with E-state index in [1.165, 1.54) is 11.1 Å². The van der Waals surface area contributed by atoms with Crippen LogP contribution in [0.4, 0.5) is 0 Å². The van der Waals surface area contributed by atoms with Gasteiger partial charge in [0.2, 0.25) is 0 Å². The predicted octanol–water partition coefficient (Wildman–Crippen LogP) is 6.32. The van der Waals surface area contributed by atoms with Crippen LogP contribution in [0, 0.1) is 0 Å². The van der Waals surface area contributed by atoms with Gasteiger partial charge in [0.1, 0.15) is 0 Å². The minimum Gasteiger partial charge on any atom is -0.393 e. The topological polar surface area (TPSA) is 18.5 Å². The quantitative estimate of drug-likeness (QED) is 0.446. The third kappa shape index (κ3) is 4.21. The van der Waals surface area contributed by atoms with Crippen LogP contribution in [0.1, 0.15) is 65.5 Å². The molecule has 0 aliphatic carbocycles. The fraction of sp³-hybridized carbons (Fsp3) is 0.500. The second-order valence-electron chi connectivity index (χ2n) is 8.30. The van der Waals surface area contributed by atoms with Crippen LogP contribution in [0.5, 0.6) is 0 Å². The van der Waals surface area contributed by atoms with E-state index in [1.54, 1.807) is 0 Å². The van der Waals surface area contributed by atoms with Gasteiger partial charge in [0, 0.05) is 23.3 Å². The highest BCUT2D eigenvalue weighted by molar-refractivity contribution is 6.73. The van der Waals surface area contributed by atoms with Crippen LogP contribution >= 0.6 is 0 Å². The van der Waals surface area contributed by atoms with E-state index in [0.717, 1.165) is 26.1 Å². The van der Waals surface area contributed by atoms with Crippen molar-refractivity contribution in [3.05, 3.63) is 71.8 Å². The molecule has 0 fully saturated rings. The summed E-state index contributed by atoms with van der Waals surface area (Å²) in [7, 11) is -2.77. The Morgan fingerprint density at radius 3 is 1.26 bits per heavy atom. The molecular formula is C24H36O2Si. The van der Waals surface area contributed by atoms with Crippen molar-refractivity contribution in [2.75, 3.05) is 13.2 Å². The highest BCUT2D eigenvalue weighted by atomic mass is 28.4. The molecule has 0 heterocycles. The lowest BCUT2D eigenvalue weighted by atomic mass is 10.0. The molecule has 3 heteroatoms. The Balaban J connectivity index is 2.68. The molecule has 148 valence electrons. The number of hydrogen-bond acceptors (Lipinski definition) is 2. The zero-order chi connectivity index (χ0) is 20.0. The summed E-state index contributed by atoms with van der Waals surface area (Å²) in [5.74, 6) is 0. The van der Waals surface area contributed by atoms with Crippen LogP contribution in [-0.2, 0) is 18.9 Å². The first-order valence-corrected chi connectivity index (χ1v) is 12.0. The second kappa shape index (κ2) is 9.18. The zero-order valence-electron chi connectivity index (χ0n) is 17.9. The fourth-order valence-electron chi connectivity index (χ4n) is 4.13. The van der Waals surface area contributed by atoms with Crippen LogP contribution in [0.15, 0.2) is 60.7 Å². The Morgan fingerprint density at radius 2 is 0.963 bits per heavy atom. The summed E-state index contributed by atoms with van der Waals surface area (Å²) in [5.41, 5.74) is 2.57. The van der Waals surface area contributed by atoms with Crippen molar-refractivity contribution < 1.29 is 8.85 Å². The summed E-state index contributed by atoms with van der Waals surface area (Å²) in [6.07, 6.45) is 1.97. The Bertz CT molecular complexity index is 619. The van der Waals surface area contributed by atoms with E-state index in [1.807, 2.05) is 0 Å². The number of benzene rings is 2. The van der Waals surface area contributed by atoms with Crippen LogP contribution < -0.4 is 0 Å². The van der Waals surface area contributed by atoms with Gasteiger partial charge in [-0.1, -0.05) is 102 Å². The van der Waals surface area contributed by atoms with E-state index in [9.17, 15) is 0 Å². The lowest BCUT2D eigenvalue weighted by Gasteiger charge is -2.52. The highest BCUT2D eigenvalue weighted by Gasteiger charge is 2.63. The standard InChI is InChI=1S/C24H36O2Si/c1-7-19-25-27(26-20-8-2,23(3,4)21-15-11-9-12-16-21)24(5,6)22-17-13-10-14-18-22/h9-18H,7-8,19-20H2,1-6H3. The molecule has 0 saturated heterocycles. The van der Waals surface area contributed by atoms with E-state index in [0.29, 0.717) is 0 Å². The molecule has 2 aromatic carbocycles. The molecule has 2 aromatic rings. The molecule has 2 rings (SSSR count). The maximum atomic E-state index is 6.84. The molecule has 0 atom stereocenters. The predicted molar refractivity (Wildman–Crippen MR) is 117 cm³/mol. The van der Waals surface area contributed by atoms with E-state index in [4.69, 9.17) is 8.85 Å². The molecular weight excluding hydrogens is 348 g/mol. The van der Waals surface area contributed by atoms with E-state index >= 15 is 0 Å². The van der Waals surface area contributed by atoms with Gasteiger partial charge in [-0.2, -0.15) is 0 Å². The molecule has 0 radical (unpaired) electrons.